The average molecular weight is 207 g/mol. The highest BCUT2D eigenvalue weighted by Crippen LogP contribution is 2.16. The van der Waals surface area contributed by atoms with Gasteiger partial charge in [-0.15, -0.1) is 0 Å². The highest BCUT2D eigenvalue weighted by atomic mass is 32.2. The van der Waals surface area contributed by atoms with Crippen molar-refractivity contribution in [2.24, 2.45) is 5.73 Å². The van der Waals surface area contributed by atoms with Gasteiger partial charge in [0.15, 0.2) is 5.60 Å². The molecule has 1 atom stereocenters. The summed E-state index contributed by atoms with van der Waals surface area (Å²) in [5.74, 6) is -0.422. The molecule has 0 aromatic rings. The first-order chi connectivity index (χ1) is 5.65. The standard InChI is InChI=1S/C8H17NO3S/c1-7(2,9)4-13-5-8(3,12)6(10)11/h12H,4-5,9H2,1-3H3,(H,10,11). The van der Waals surface area contributed by atoms with Crippen molar-refractivity contribution in [3.63, 3.8) is 0 Å². The van der Waals surface area contributed by atoms with E-state index in [-0.39, 0.29) is 11.3 Å². The number of hydrogen-bond donors (Lipinski definition) is 3. The highest BCUT2D eigenvalue weighted by Gasteiger charge is 2.30. The molecular formula is C8H17NO3S. The van der Waals surface area contributed by atoms with Crippen LogP contribution in [0.4, 0.5) is 0 Å². The molecule has 4 N–H and O–H groups in total. The Labute approximate surface area is 82.5 Å². The van der Waals surface area contributed by atoms with E-state index in [0.29, 0.717) is 5.75 Å². The minimum atomic E-state index is -1.66. The van der Waals surface area contributed by atoms with Crippen LogP contribution < -0.4 is 5.73 Å². The summed E-state index contributed by atoms with van der Waals surface area (Å²) >= 11 is 1.34. The molecule has 0 rings (SSSR count). The molecular weight excluding hydrogens is 190 g/mol. The predicted octanol–water partition coefficient (Wildman–Crippen LogP) is 0.292. The molecule has 0 aliphatic rings. The molecule has 0 aliphatic heterocycles. The van der Waals surface area contributed by atoms with Gasteiger partial charge in [0.1, 0.15) is 0 Å². The number of carboxylic acids is 1. The van der Waals surface area contributed by atoms with E-state index in [2.05, 4.69) is 0 Å². The lowest BCUT2D eigenvalue weighted by Gasteiger charge is -2.21. The summed E-state index contributed by atoms with van der Waals surface area (Å²) in [4.78, 5) is 10.5. The Morgan fingerprint density at radius 1 is 1.38 bits per heavy atom. The van der Waals surface area contributed by atoms with Gasteiger partial charge in [-0.3, -0.25) is 0 Å². The molecule has 0 spiro atoms. The van der Waals surface area contributed by atoms with Crippen molar-refractivity contribution in [2.75, 3.05) is 11.5 Å². The maximum Gasteiger partial charge on any atom is 0.336 e. The molecule has 0 saturated carbocycles. The van der Waals surface area contributed by atoms with E-state index in [9.17, 15) is 9.90 Å². The van der Waals surface area contributed by atoms with Gasteiger partial charge in [-0.25, -0.2) is 4.79 Å². The fourth-order valence-corrected chi connectivity index (χ4v) is 1.72. The number of aliphatic carboxylic acids is 1. The molecule has 0 aromatic carbocycles. The Bertz CT molecular complexity index is 186. The zero-order chi connectivity index (χ0) is 10.7. The van der Waals surface area contributed by atoms with Gasteiger partial charge in [0.25, 0.3) is 0 Å². The van der Waals surface area contributed by atoms with Crippen LogP contribution in [0.5, 0.6) is 0 Å². The second-order valence-electron chi connectivity index (χ2n) is 4.06. The number of thioether (sulfide) groups is 1. The molecule has 4 nitrogen and oxygen atoms in total. The van der Waals surface area contributed by atoms with Crippen molar-refractivity contribution in [2.45, 2.75) is 31.9 Å². The molecule has 0 fully saturated rings. The zero-order valence-corrected chi connectivity index (χ0v) is 9.02. The topological polar surface area (TPSA) is 83.5 Å². The van der Waals surface area contributed by atoms with Crippen LogP contribution in [0.1, 0.15) is 20.8 Å². The number of carbonyl (C=O) groups is 1. The number of nitrogens with two attached hydrogens (primary N) is 1. The number of carboxylic acid groups (broad SMARTS) is 1. The van der Waals surface area contributed by atoms with Crippen LogP contribution in [0.15, 0.2) is 0 Å². The van der Waals surface area contributed by atoms with Crippen molar-refractivity contribution < 1.29 is 15.0 Å². The van der Waals surface area contributed by atoms with Gasteiger partial charge in [-0.05, 0) is 20.8 Å². The number of rotatable bonds is 5. The van der Waals surface area contributed by atoms with Crippen LogP contribution in [0, 0.1) is 0 Å². The molecule has 0 radical (unpaired) electrons. The van der Waals surface area contributed by atoms with Crippen LogP contribution in [0.2, 0.25) is 0 Å². The quantitative estimate of drug-likeness (QED) is 0.603. The minimum absolute atomic E-state index is 0.156. The van der Waals surface area contributed by atoms with E-state index in [4.69, 9.17) is 10.8 Å². The smallest absolute Gasteiger partial charge is 0.336 e. The van der Waals surface area contributed by atoms with Crippen molar-refractivity contribution in [1.29, 1.82) is 0 Å². The Hall–Kier alpha value is -0.260. The molecule has 0 aliphatic carbocycles. The Kier molecular flexibility index (Phi) is 4.22. The van der Waals surface area contributed by atoms with Crippen molar-refractivity contribution in [1.82, 2.24) is 0 Å². The highest BCUT2D eigenvalue weighted by molar-refractivity contribution is 7.99. The first-order valence-corrected chi connectivity index (χ1v) is 5.13. The summed E-state index contributed by atoms with van der Waals surface area (Å²) in [6.45, 7) is 5.00. The van der Waals surface area contributed by atoms with Gasteiger partial charge < -0.3 is 15.9 Å². The Balaban J connectivity index is 3.84. The average Bonchev–Trinajstić information content (AvgIpc) is 1.82. The van der Waals surface area contributed by atoms with Crippen molar-refractivity contribution in [3.05, 3.63) is 0 Å². The monoisotopic (exact) mass is 207 g/mol. The third-order valence-electron chi connectivity index (χ3n) is 1.32. The first kappa shape index (κ1) is 12.7. The third kappa shape index (κ3) is 5.90. The van der Waals surface area contributed by atoms with E-state index in [1.54, 1.807) is 0 Å². The predicted molar refractivity (Wildman–Crippen MR) is 53.9 cm³/mol. The number of aliphatic hydroxyl groups is 1. The Morgan fingerprint density at radius 3 is 2.15 bits per heavy atom. The second kappa shape index (κ2) is 4.30. The van der Waals surface area contributed by atoms with E-state index >= 15 is 0 Å². The molecule has 0 bridgehead atoms. The van der Waals surface area contributed by atoms with Crippen LogP contribution in [0.25, 0.3) is 0 Å². The van der Waals surface area contributed by atoms with E-state index in [0.717, 1.165) is 0 Å². The zero-order valence-electron chi connectivity index (χ0n) is 8.20. The molecule has 0 saturated heterocycles. The molecule has 78 valence electrons. The lowest BCUT2D eigenvalue weighted by atomic mass is 10.1. The van der Waals surface area contributed by atoms with Crippen LogP contribution in [-0.4, -0.2) is 38.8 Å². The summed E-state index contributed by atoms with van der Waals surface area (Å²) < 4.78 is 0. The maximum absolute atomic E-state index is 10.5. The van der Waals surface area contributed by atoms with Gasteiger partial charge in [-0.2, -0.15) is 11.8 Å². The van der Waals surface area contributed by atoms with Crippen molar-refractivity contribution in [3.8, 4) is 0 Å². The van der Waals surface area contributed by atoms with E-state index < -0.39 is 11.6 Å². The lowest BCUT2D eigenvalue weighted by molar-refractivity contribution is -0.154. The minimum Gasteiger partial charge on any atom is -0.479 e. The van der Waals surface area contributed by atoms with E-state index in [1.165, 1.54) is 18.7 Å². The van der Waals surface area contributed by atoms with Gasteiger partial charge >= 0.3 is 5.97 Å². The lowest BCUT2D eigenvalue weighted by Crippen LogP contribution is -2.40. The molecule has 1 unspecified atom stereocenters. The normalized spacial score (nSPS) is 16.7. The summed E-state index contributed by atoms with van der Waals surface area (Å²) in [5, 5.41) is 17.9. The SMILES string of the molecule is CC(C)(N)CSCC(C)(O)C(=O)O. The molecule has 0 aromatic heterocycles. The van der Waals surface area contributed by atoms with Gasteiger partial charge in [0.2, 0.25) is 0 Å². The van der Waals surface area contributed by atoms with Crippen LogP contribution in [-0.2, 0) is 4.79 Å². The summed E-state index contributed by atoms with van der Waals surface area (Å²) in [7, 11) is 0. The summed E-state index contributed by atoms with van der Waals surface area (Å²) in [6.07, 6.45) is 0. The van der Waals surface area contributed by atoms with Crippen LogP contribution >= 0.6 is 11.8 Å². The Morgan fingerprint density at radius 2 is 1.85 bits per heavy atom. The first-order valence-electron chi connectivity index (χ1n) is 3.97. The molecule has 5 heteroatoms. The fourth-order valence-electron chi connectivity index (χ4n) is 0.575. The molecule has 13 heavy (non-hydrogen) atoms. The molecule has 0 amide bonds. The number of hydrogen-bond acceptors (Lipinski definition) is 4. The molecule has 0 heterocycles. The second-order valence-corrected chi connectivity index (χ2v) is 5.05. The summed E-state index contributed by atoms with van der Waals surface area (Å²) in [6, 6.07) is 0. The largest absolute Gasteiger partial charge is 0.479 e. The van der Waals surface area contributed by atoms with Crippen LogP contribution in [0.3, 0.4) is 0 Å². The summed E-state index contributed by atoms with van der Waals surface area (Å²) in [5.41, 5.74) is 3.70. The maximum atomic E-state index is 10.5. The van der Waals surface area contributed by atoms with Gasteiger partial charge in [-0.1, -0.05) is 0 Å². The van der Waals surface area contributed by atoms with Gasteiger partial charge in [0.05, 0.1) is 0 Å². The van der Waals surface area contributed by atoms with E-state index in [1.807, 2.05) is 13.8 Å². The fraction of sp³-hybridized carbons (Fsp3) is 0.875. The van der Waals surface area contributed by atoms with Crippen molar-refractivity contribution >= 4 is 17.7 Å². The third-order valence-corrected chi connectivity index (χ3v) is 3.03. The van der Waals surface area contributed by atoms with Gasteiger partial charge in [0, 0.05) is 17.0 Å².